The van der Waals surface area contributed by atoms with Crippen molar-refractivity contribution in [1.29, 1.82) is 0 Å². The molecule has 8 heteroatoms. The molecule has 0 fully saturated rings. The maximum Gasteiger partial charge on any atom is 0.305 e. The first kappa shape index (κ1) is 31.0. The monoisotopic (exact) mass is 578 g/mol. The van der Waals surface area contributed by atoms with Gasteiger partial charge in [-0.2, -0.15) is 0 Å². The molecule has 1 N–H and O–H groups in total. The molecule has 0 saturated carbocycles. The number of benzene rings is 2. The first-order valence-electron chi connectivity index (χ1n) is 14.7. The zero-order valence-electron chi connectivity index (χ0n) is 25.6. The SMILES string of the molecule is CCOC(=O)CCCCCCCOc1cc2oc3cc4c(c(O)c3c(=O)c2c(CC=C(C)C)c1OC)C=CC(C)(C)O4. The van der Waals surface area contributed by atoms with E-state index in [0.717, 1.165) is 37.7 Å². The molecule has 0 unspecified atom stereocenters. The van der Waals surface area contributed by atoms with E-state index in [1.165, 1.54) is 0 Å². The highest BCUT2D eigenvalue weighted by atomic mass is 16.5. The van der Waals surface area contributed by atoms with Crippen molar-refractivity contribution in [3.63, 3.8) is 0 Å². The van der Waals surface area contributed by atoms with Crippen molar-refractivity contribution in [3.05, 3.63) is 51.2 Å². The average molecular weight is 579 g/mol. The van der Waals surface area contributed by atoms with Gasteiger partial charge in [0, 0.05) is 24.1 Å². The maximum atomic E-state index is 14.0. The molecule has 0 spiro atoms. The predicted octanol–water partition coefficient (Wildman–Crippen LogP) is 7.64. The Bertz CT molecular complexity index is 1570. The van der Waals surface area contributed by atoms with E-state index in [2.05, 4.69) is 0 Å². The van der Waals surface area contributed by atoms with Crippen molar-refractivity contribution in [2.24, 2.45) is 0 Å². The van der Waals surface area contributed by atoms with Crippen LogP contribution in [0.4, 0.5) is 0 Å². The smallest absolute Gasteiger partial charge is 0.305 e. The molecular formula is C34H42O8. The molecule has 4 rings (SSSR count). The highest BCUT2D eigenvalue weighted by Gasteiger charge is 2.28. The number of rotatable bonds is 13. The van der Waals surface area contributed by atoms with E-state index in [1.807, 2.05) is 46.8 Å². The Morgan fingerprint density at radius 2 is 1.76 bits per heavy atom. The molecule has 42 heavy (non-hydrogen) atoms. The van der Waals surface area contributed by atoms with E-state index in [9.17, 15) is 14.7 Å². The van der Waals surface area contributed by atoms with Crippen LogP contribution >= 0.6 is 0 Å². The Hall–Kier alpha value is -3.94. The van der Waals surface area contributed by atoms with Crippen molar-refractivity contribution < 1.29 is 33.3 Å². The summed E-state index contributed by atoms with van der Waals surface area (Å²) in [5.74, 6) is 1.11. The molecule has 2 heterocycles. The minimum Gasteiger partial charge on any atom is -0.506 e. The van der Waals surface area contributed by atoms with Gasteiger partial charge in [0.25, 0.3) is 0 Å². The van der Waals surface area contributed by atoms with E-state index in [4.69, 9.17) is 23.4 Å². The van der Waals surface area contributed by atoms with Gasteiger partial charge in [0.2, 0.25) is 5.43 Å². The molecule has 1 aliphatic rings. The Morgan fingerprint density at radius 1 is 1.05 bits per heavy atom. The van der Waals surface area contributed by atoms with Crippen LogP contribution in [-0.4, -0.2) is 37.0 Å². The predicted molar refractivity (Wildman–Crippen MR) is 165 cm³/mol. The van der Waals surface area contributed by atoms with Crippen molar-refractivity contribution >= 4 is 34.0 Å². The quantitative estimate of drug-likeness (QED) is 0.0955. The van der Waals surface area contributed by atoms with E-state index in [0.29, 0.717) is 65.4 Å². The maximum absolute atomic E-state index is 14.0. The molecule has 0 saturated heterocycles. The van der Waals surface area contributed by atoms with Gasteiger partial charge in [0.15, 0.2) is 11.5 Å². The largest absolute Gasteiger partial charge is 0.506 e. The second kappa shape index (κ2) is 13.4. The van der Waals surface area contributed by atoms with Gasteiger partial charge in [-0.25, -0.2) is 0 Å². The number of ether oxygens (including phenoxy) is 4. The molecule has 8 nitrogen and oxygen atoms in total. The van der Waals surface area contributed by atoms with Crippen LogP contribution in [-0.2, 0) is 16.0 Å². The molecule has 3 aromatic rings. The third kappa shape index (κ3) is 6.92. The van der Waals surface area contributed by atoms with Gasteiger partial charge >= 0.3 is 5.97 Å². The number of unbranched alkanes of at least 4 members (excludes halogenated alkanes) is 4. The van der Waals surface area contributed by atoms with Gasteiger partial charge < -0.3 is 28.5 Å². The van der Waals surface area contributed by atoms with Crippen molar-refractivity contribution in [2.75, 3.05) is 20.3 Å². The summed E-state index contributed by atoms with van der Waals surface area (Å²) in [6.45, 7) is 10.5. The summed E-state index contributed by atoms with van der Waals surface area (Å²) in [5, 5.41) is 11.6. The first-order chi connectivity index (χ1) is 20.1. The fourth-order valence-corrected chi connectivity index (χ4v) is 5.17. The fraction of sp³-hybridized carbons (Fsp3) is 0.471. The number of carbonyl (C=O) groups is 1. The lowest BCUT2D eigenvalue weighted by atomic mass is 9.97. The molecule has 0 atom stereocenters. The molecule has 1 aromatic heterocycles. The lowest BCUT2D eigenvalue weighted by molar-refractivity contribution is -0.143. The number of carbonyl (C=O) groups excluding carboxylic acids is 1. The van der Waals surface area contributed by atoms with Crippen LogP contribution in [0.2, 0.25) is 0 Å². The van der Waals surface area contributed by atoms with Crippen LogP contribution in [0.25, 0.3) is 28.0 Å². The molecule has 226 valence electrons. The van der Waals surface area contributed by atoms with Crippen LogP contribution in [0.1, 0.15) is 84.3 Å². The number of phenols is 1. The molecule has 0 amide bonds. The van der Waals surface area contributed by atoms with Crippen LogP contribution in [0.15, 0.2) is 39.1 Å². The lowest BCUT2D eigenvalue weighted by Crippen LogP contribution is -2.27. The average Bonchev–Trinajstić information content (AvgIpc) is 2.92. The lowest BCUT2D eigenvalue weighted by Gasteiger charge is -2.28. The van der Waals surface area contributed by atoms with E-state index in [1.54, 1.807) is 25.3 Å². The molecule has 0 bridgehead atoms. The second-order valence-corrected chi connectivity index (χ2v) is 11.4. The topological polar surface area (TPSA) is 104 Å². The van der Waals surface area contributed by atoms with E-state index in [-0.39, 0.29) is 28.1 Å². The van der Waals surface area contributed by atoms with Crippen molar-refractivity contribution in [3.8, 4) is 23.0 Å². The normalized spacial score (nSPS) is 13.5. The summed E-state index contributed by atoms with van der Waals surface area (Å²) >= 11 is 0. The number of fused-ring (bicyclic) bond motifs is 3. The van der Waals surface area contributed by atoms with Gasteiger partial charge in [-0.05, 0) is 66.0 Å². The van der Waals surface area contributed by atoms with Gasteiger partial charge in [-0.3, -0.25) is 9.59 Å². The summed E-state index contributed by atoms with van der Waals surface area (Å²) in [4.78, 5) is 25.5. The summed E-state index contributed by atoms with van der Waals surface area (Å²) in [6.07, 6.45) is 11.1. The Balaban J connectivity index is 1.65. The molecule has 2 aromatic carbocycles. The fourth-order valence-electron chi connectivity index (χ4n) is 5.17. The molecule has 0 radical (unpaired) electrons. The van der Waals surface area contributed by atoms with Crippen LogP contribution < -0.4 is 19.6 Å². The number of hydrogen-bond acceptors (Lipinski definition) is 8. The zero-order valence-corrected chi connectivity index (χ0v) is 25.6. The number of hydrogen-bond donors (Lipinski definition) is 1. The van der Waals surface area contributed by atoms with Gasteiger partial charge in [-0.15, -0.1) is 0 Å². The molecule has 0 aliphatic carbocycles. The van der Waals surface area contributed by atoms with Gasteiger partial charge in [-0.1, -0.05) is 30.9 Å². The number of methoxy groups -OCH3 is 1. The number of aromatic hydroxyl groups is 1. The Labute approximate surface area is 246 Å². The standard InChI is InChI=1S/C34H42O8/c1-7-39-28(35)13-11-9-8-10-12-18-40-27-20-25-29(23(33(27)38-6)15-14-21(2)3)32(37)30-26(41-25)19-24-22(31(30)36)16-17-34(4,5)42-24/h14,16-17,19-20,36H,7-13,15,18H2,1-6H3. The minimum atomic E-state index is -0.558. The number of allylic oxidation sites excluding steroid dienone is 2. The Morgan fingerprint density at radius 3 is 2.48 bits per heavy atom. The third-order valence-electron chi connectivity index (χ3n) is 7.28. The van der Waals surface area contributed by atoms with Crippen LogP contribution in [0.3, 0.4) is 0 Å². The summed E-state index contributed by atoms with van der Waals surface area (Å²) in [6, 6.07) is 3.36. The summed E-state index contributed by atoms with van der Waals surface area (Å²) in [5.41, 5.74) is 1.88. The van der Waals surface area contributed by atoms with Gasteiger partial charge in [0.1, 0.15) is 33.7 Å². The highest BCUT2D eigenvalue weighted by molar-refractivity contribution is 5.99. The molecular weight excluding hydrogens is 536 g/mol. The van der Waals surface area contributed by atoms with Gasteiger partial charge in [0.05, 0.1) is 31.3 Å². The summed E-state index contributed by atoms with van der Waals surface area (Å²) < 4.78 is 29.3. The third-order valence-corrected chi connectivity index (χ3v) is 7.28. The van der Waals surface area contributed by atoms with E-state index >= 15 is 0 Å². The van der Waals surface area contributed by atoms with Crippen molar-refractivity contribution in [2.45, 2.75) is 85.2 Å². The van der Waals surface area contributed by atoms with Crippen LogP contribution in [0, 0.1) is 0 Å². The van der Waals surface area contributed by atoms with E-state index < -0.39 is 5.60 Å². The zero-order chi connectivity index (χ0) is 30.4. The Kier molecular flexibility index (Phi) is 9.86. The van der Waals surface area contributed by atoms with Crippen molar-refractivity contribution in [1.82, 2.24) is 0 Å². The second-order valence-electron chi connectivity index (χ2n) is 11.4. The molecule has 1 aliphatic heterocycles. The highest BCUT2D eigenvalue weighted by Crippen LogP contribution is 2.43. The number of phenolic OH excluding ortho intramolecular Hbond substituents is 1. The minimum absolute atomic E-state index is 0.103. The first-order valence-corrected chi connectivity index (χ1v) is 14.7. The summed E-state index contributed by atoms with van der Waals surface area (Å²) in [7, 11) is 1.56. The number of esters is 1. The van der Waals surface area contributed by atoms with Crippen LogP contribution in [0.5, 0.6) is 23.0 Å².